The molecule has 1 unspecified atom stereocenters. The van der Waals surface area contributed by atoms with Crippen molar-refractivity contribution in [2.45, 2.75) is 10.6 Å². The van der Waals surface area contributed by atoms with E-state index in [9.17, 15) is 13.0 Å². The molecule has 1 heterocycles. The largest absolute Gasteiger partial charge is 0.396 e. The maximum atomic E-state index is 13.0. The van der Waals surface area contributed by atoms with Crippen LogP contribution in [0.3, 0.4) is 0 Å². The summed E-state index contributed by atoms with van der Waals surface area (Å²) in [5.74, 6) is -1.80. The highest BCUT2D eigenvalue weighted by Gasteiger charge is 2.10. The third kappa shape index (κ3) is 2.70. The maximum Gasteiger partial charge on any atom is 0.159 e. The highest BCUT2D eigenvalue weighted by atomic mass is 32.2. The third-order valence-electron chi connectivity index (χ3n) is 2.34. The van der Waals surface area contributed by atoms with Gasteiger partial charge in [0.1, 0.15) is 0 Å². The summed E-state index contributed by atoms with van der Waals surface area (Å²) in [6.07, 6.45) is 2.88. The van der Waals surface area contributed by atoms with Gasteiger partial charge in [-0.2, -0.15) is 0 Å². The molecular weight excluding hydrogens is 258 g/mol. The van der Waals surface area contributed by atoms with Crippen LogP contribution in [0.25, 0.3) is 0 Å². The van der Waals surface area contributed by atoms with Crippen LogP contribution in [0.2, 0.25) is 0 Å². The highest BCUT2D eigenvalue weighted by Crippen LogP contribution is 2.18. The Kier molecular flexibility index (Phi) is 3.66. The van der Waals surface area contributed by atoms with Crippen molar-refractivity contribution >= 4 is 16.5 Å². The number of rotatable bonds is 3. The monoisotopic (exact) mass is 268 g/mol. The molecule has 1 aromatic carbocycles. The first-order valence-corrected chi connectivity index (χ1v) is 6.41. The van der Waals surface area contributed by atoms with Crippen LogP contribution in [0.1, 0.15) is 5.56 Å². The summed E-state index contributed by atoms with van der Waals surface area (Å²) in [6, 6.07) is 4.99. The summed E-state index contributed by atoms with van der Waals surface area (Å²) in [5.41, 5.74) is 6.41. The molecule has 94 valence electrons. The van der Waals surface area contributed by atoms with E-state index in [0.717, 1.165) is 12.1 Å². The molecule has 0 saturated carbocycles. The lowest BCUT2D eigenvalue weighted by atomic mass is 10.2. The highest BCUT2D eigenvalue weighted by molar-refractivity contribution is 7.84. The van der Waals surface area contributed by atoms with Gasteiger partial charge in [0.2, 0.25) is 0 Å². The summed E-state index contributed by atoms with van der Waals surface area (Å²) in [4.78, 5) is 4.23. The van der Waals surface area contributed by atoms with Crippen molar-refractivity contribution in [3.8, 4) is 0 Å². The minimum absolute atomic E-state index is 0.0748. The number of hydrogen-bond donors (Lipinski definition) is 1. The maximum absolute atomic E-state index is 13.0. The van der Waals surface area contributed by atoms with E-state index in [4.69, 9.17) is 5.73 Å². The van der Waals surface area contributed by atoms with E-state index in [1.165, 1.54) is 18.5 Å². The van der Waals surface area contributed by atoms with Crippen molar-refractivity contribution in [3.63, 3.8) is 0 Å². The molecule has 2 aromatic rings. The zero-order valence-corrected chi connectivity index (χ0v) is 10.1. The zero-order valence-electron chi connectivity index (χ0n) is 9.27. The number of aromatic nitrogens is 1. The first-order chi connectivity index (χ1) is 8.58. The van der Waals surface area contributed by atoms with Crippen LogP contribution in [-0.4, -0.2) is 9.19 Å². The van der Waals surface area contributed by atoms with Crippen molar-refractivity contribution in [3.05, 3.63) is 53.9 Å². The van der Waals surface area contributed by atoms with Gasteiger partial charge >= 0.3 is 0 Å². The molecule has 0 amide bonds. The van der Waals surface area contributed by atoms with Crippen LogP contribution in [0.15, 0.2) is 41.6 Å². The lowest BCUT2D eigenvalue weighted by Crippen LogP contribution is -2.02. The molecular formula is C12H10F2N2OS. The first-order valence-electron chi connectivity index (χ1n) is 5.09. The Hall–Kier alpha value is -1.82. The first kappa shape index (κ1) is 12.6. The summed E-state index contributed by atoms with van der Waals surface area (Å²) >= 11 is 0. The number of halogens is 2. The van der Waals surface area contributed by atoms with E-state index in [-0.39, 0.29) is 5.75 Å². The Bertz CT molecular complexity index is 604. The van der Waals surface area contributed by atoms with Crippen LogP contribution in [0, 0.1) is 11.6 Å². The van der Waals surface area contributed by atoms with Gasteiger partial charge in [-0.3, -0.25) is 9.19 Å². The van der Waals surface area contributed by atoms with E-state index < -0.39 is 22.4 Å². The van der Waals surface area contributed by atoms with Crippen LogP contribution < -0.4 is 5.73 Å². The van der Waals surface area contributed by atoms with E-state index in [2.05, 4.69) is 4.98 Å². The summed E-state index contributed by atoms with van der Waals surface area (Å²) in [7, 11) is -1.41. The van der Waals surface area contributed by atoms with Crippen molar-refractivity contribution in [2.24, 2.45) is 0 Å². The average molecular weight is 268 g/mol. The Morgan fingerprint density at radius 1 is 1.22 bits per heavy atom. The van der Waals surface area contributed by atoms with Gasteiger partial charge in [-0.15, -0.1) is 0 Å². The molecule has 18 heavy (non-hydrogen) atoms. The van der Waals surface area contributed by atoms with Gasteiger partial charge in [-0.1, -0.05) is 6.07 Å². The average Bonchev–Trinajstić information content (AvgIpc) is 2.34. The fourth-order valence-corrected chi connectivity index (χ4v) is 2.63. The molecule has 0 bridgehead atoms. The van der Waals surface area contributed by atoms with E-state index >= 15 is 0 Å². The standard InChI is InChI=1S/C12H10F2N2OS/c13-9-2-1-8(5-10(9)14)7-18(17)12-3-4-16-6-11(12)15/h1-6H,7,15H2. The second-order valence-corrected chi connectivity index (χ2v) is 5.07. The van der Waals surface area contributed by atoms with Crippen LogP contribution >= 0.6 is 0 Å². The number of anilines is 1. The topological polar surface area (TPSA) is 56.0 Å². The molecule has 3 nitrogen and oxygen atoms in total. The second-order valence-electron chi connectivity index (χ2n) is 3.65. The molecule has 1 atom stereocenters. The molecule has 2 N–H and O–H groups in total. The fraction of sp³-hybridized carbons (Fsp3) is 0.0833. The van der Waals surface area contributed by atoms with Gasteiger partial charge in [0.25, 0.3) is 0 Å². The molecule has 0 spiro atoms. The predicted octanol–water partition coefficient (Wildman–Crippen LogP) is 2.25. The third-order valence-corrected chi connectivity index (χ3v) is 3.80. The van der Waals surface area contributed by atoms with E-state index in [0.29, 0.717) is 16.1 Å². The number of nitrogens with two attached hydrogens (primary N) is 1. The normalized spacial score (nSPS) is 12.3. The lowest BCUT2D eigenvalue weighted by molar-refractivity contribution is 0.507. The van der Waals surface area contributed by atoms with Gasteiger partial charge in [0.05, 0.1) is 33.3 Å². The molecule has 0 aliphatic heterocycles. The number of hydrogen-bond acceptors (Lipinski definition) is 3. The van der Waals surface area contributed by atoms with Crippen LogP contribution in [-0.2, 0) is 16.6 Å². The Morgan fingerprint density at radius 3 is 2.67 bits per heavy atom. The molecule has 0 radical (unpaired) electrons. The smallest absolute Gasteiger partial charge is 0.159 e. The fourth-order valence-electron chi connectivity index (χ4n) is 1.46. The van der Waals surface area contributed by atoms with Crippen molar-refractivity contribution in [1.82, 2.24) is 4.98 Å². The molecule has 2 rings (SSSR count). The number of nitrogen functional groups attached to an aromatic ring is 1. The number of benzene rings is 1. The number of pyridine rings is 1. The van der Waals surface area contributed by atoms with Crippen molar-refractivity contribution in [2.75, 3.05) is 5.73 Å². The van der Waals surface area contributed by atoms with Gasteiger partial charge in [0, 0.05) is 6.20 Å². The van der Waals surface area contributed by atoms with Crippen molar-refractivity contribution in [1.29, 1.82) is 0 Å². The van der Waals surface area contributed by atoms with Gasteiger partial charge in [0.15, 0.2) is 11.6 Å². The summed E-state index contributed by atoms with van der Waals surface area (Å²) in [6.45, 7) is 0. The number of nitrogens with zero attached hydrogens (tertiary/aromatic N) is 1. The zero-order chi connectivity index (χ0) is 13.1. The second kappa shape index (κ2) is 5.22. The molecule has 1 aromatic heterocycles. The molecule has 6 heteroatoms. The van der Waals surface area contributed by atoms with Crippen molar-refractivity contribution < 1.29 is 13.0 Å². The van der Waals surface area contributed by atoms with Crippen LogP contribution in [0.5, 0.6) is 0 Å². The molecule has 0 fully saturated rings. The van der Waals surface area contributed by atoms with E-state index in [1.54, 1.807) is 6.07 Å². The minimum atomic E-state index is -1.41. The summed E-state index contributed by atoms with van der Waals surface area (Å²) < 4.78 is 37.8. The Morgan fingerprint density at radius 2 is 2.00 bits per heavy atom. The molecule has 0 aliphatic rings. The van der Waals surface area contributed by atoms with Crippen LogP contribution in [0.4, 0.5) is 14.5 Å². The van der Waals surface area contributed by atoms with E-state index in [1.807, 2.05) is 0 Å². The predicted molar refractivity (Wildman–Crippen MR) is 65.1 cm³/mol. The summed E-state index contributed by atoms with van der Waals surface area (Å²) in [5, 5.41) is 0. The Balaban J connectivity index is 2.22. The SMILES string of the molecule is Nc1cnccc1S(=O)Cc1ccc(F)c(F)c1. The lowest BCUT2D eigenvalue weighted by Gasteiger charge is -2.05. The molecule has 0 saturated heterocycles. The minimum Gasteiger partial charge on any atom is -0.396 e. The Labute approximate surface area is 105 Å². The van der Waals surface area contributed by atoms with Gasteiger partial charge in [-0.25, -0.2) is 8.78 Å². The van der Waals surface area contributed by atoms with Gasteiger partial charge in [-0.05, 0) is 23.8 Å². The molecule has 0 aliphatic carbocycles. The quantitative estimate of drug-likeness (QED) is 0.928. The van der Waals surface area contributed by atoms with Gasteiger partial charge < -0.3 is 5.73 Å².